The van der Waals surface area contributed by atoms with Crippen LogP contribution in [0.4, 0.5) is 0 Å². The van der Waals surface area contributed by atoms with Crippen LogP contribution in [0.25, 0.3) is 6.08 Å². The smallest absolute Gasteiger partial charge is 0.155 e. The number of carbonyl (C=O) groups is 1. The molecule has 0 bridgehead atoms. The van der Waals surface area contributed by atoms with Crippen LogP contribution < -0.4 is 0 Å². The number of hydrogen-bond donors (Lipinski definition) is 0. The monoisotopic (exact) mass is 202 g/mol. The Morgan fingerprint density at radius 2 is 1.67 bits per heavy atom. The third kappa shape index (κ3) is 3.35. The number of carbonyl (C=O) groups excluding carboxylic acids is 1. The fraction of sp³-hybridized carbons (Fsp3) is 0.357. The summed E-state index contributed by atoms with van der Waals surface area (Å²) in [7, 11) is 0. The molecule has 1 aromatic rings. The van der Waals surface area contributed by atoms with Gasteiger partial charge in [0.05, 0.1) is 0 Å². The molecule has 0 saturated carbocycles. The summed E-state index contributed by atoms with van der Waals surface area (Å²) >= 11 is 0. The summed E-state index contributed by atoms with van der Waals surface area (Å²) in [6.07, 6.45) is 1.92. The standard InChI is InChI=1S/C14H18O/c1-10(2)14-7-5-13(6-8-14)9-11(3)12(4)15/h5-10H,1-4H3/b11-9-. The van der Waals surface area contributed by atoms with Gasteiger partial charge in [0.15, 0.2) is 5.78 Å². The van der Waals surface area contributed by atoms with Crippen molar-refractivity contribution in [3.05, 3.63) is 41.0 Å². The lowest BCUT2D eigenvalue weighted by Crippen LogP contribution is -1.91. The fourth-order valence-corrected chi connectivity index (χ4v) is 1.33. The van der Waals surface area contributed by atoms with Gasteiger partial charge in [-0.15, -0.1) is 0 Å². The molecular formula is C14H18O. The summed E-state index contributed by atoms with van der Waals surface area (Å²) in [5.41, 5.74) is 3.21. The van der Waals surface area contributed by atoms with E-state index in [-0.39, 0.29) is 5.78 Å². The Bertz CT molecular complexity index is 369. The molecule has 0 aliphatic heterocycles. The Hall–Kier alpha value is -1.37. The van der Waals surface area contributed by atoms with E-state index in [4.69, 9.17) is 0 Å². The second kappa shape index (κ2) is 4.92. The van der Waals surface area contributed by atoms with E-state index in [2.05, 4.69) is 38.1 Å². The number of Topliss-reactive ketones (excluding diaryl/α,β-unsaturated/α-hetero) is 1. The maximum Gasteiger partial charge on any atom is 0.155 e. The van der Waals surface area contributed by atoms with Crippen LogP contribution in [0, 0.1) is 0 Å². The lowest BCUT2D eigenvalue weighted by Gasteiger charge is -2.05. The van der Waals surface area contributed by atoms with E-state index in [1.54, 1.807) is 6.92 Å². The average Bonchev–Trinajstić information content (AvgIpc) is 2.18. The first-order valence-corrected chi connectivity index (χ1v) is 5.30. The zero-order valence-corrected chi connectivity index (χ0v) is 9.87. The van der Waals surface area contributed by atoms with Crippen LogP contribution in [0.2, 0.25) is 0 Å². The molecule has 0 fully saturated rings. The van der Waals surface area contributed by atoms with Gasteiger partial charge in [0.1, 0.15) is 0 Å². The summed E-state index contributed by atoms with van der Waals surface area (Å²) in [4.78, 5) is 11.1. The van der Waals surface area contributed by atoms with Crippen LogP contribution in [-0.4, -0.2) is 5.78 Å². The van der Waals surface area contributed by atoms with Gasteiger partial charge in [0, 0.05) is 0 Å². The molecule has 0 aliphatic rings. The molecule has 80 valence electrons. The van der Waals surface area contributed by atoms with Crippen LogP contribution >= 0.6 is 0 Å². The van der Waals surface area contributed by atoms with Gasteiger partial charge in [-0.25, -0.2) is 0 Å². The number of benzene rings is 1. The van der Waals surface area contributed by atoms with E-state index >= 15 is 0 Å². The van der Waals surface area contributed by atoms with E-state index in [0.717, 1.165) is 11.1 Å². The van der Waals surface area contributed by atoms with Crippen LogP contribution in [0.15, 0.2) is 29.8 Å². The Labute approximate surface area is 91.8 Å². The molecule has 0 heterocycles. The van der Waals surface area contributed by atoms with Gasteiger partial charge in [-0.05, 0) is 42.5 Å². The topological polar surface area (TPSA) is 17.1 Å². The number of rotatable bonds is 3. The maximum absolute atomic E-state index is 11.1. The quantitative estimate of drug-likeness (QED) is 0.681. The minimum Gasteiger partial charge on any atom is -0.295 e. The molecule has 0 N–H and O–H groups in total. The lowest BCUT2D eigenvalue weighted by atomic mass is 10.0. The van der Waals surface area contributed by atoms with Crippen LogP contribution in [0.3, 0.4) is 0 Å². The second-order valence-electron chi connectivity index (χ2n) is 4.20. The van der Waals surface area contributed by atoms with E-state index in [0.29, 0.717) is 5.92 Å². The first-order valence-electron chi connectivity index (χ1n) is 5.30. The van der Waals surface area contributed by atoms with Crippen molar-refractivity contribution in [3.63, 3.8) is 0 Å². The van der Waals surface area contributed by atoms with Gasteiger partial charge in [-0.1, -0.05) is 38.1 Å². The van der Waals surface area contributed by atoms with Crippen molar-refractivity contribution in [1.82, 2.24) is 0 Å². The molecule has 0 aromatic heterocycles. The van der Waals surface area contributed by atoms with E-state index < -0.39 is 0 Å². The minimum absolute atomic E-state index is 0.128. The van der Waals surface area contributed by atoms with Gasteiger partial charge in [-0.2, -0.15) is 0 Å². The van der Waals surface area contributed by atoms with Gasteiger partial charge < -0.3 is 0 Å². The Balaban J connectivity index is 2.90. The summed E-state index contributed by atoms with van der Waals surface area (Å²) in [6, 6.07) is 8.34. The van der Waals surface area contributed by atoms with Crippen molar-refractivity contribution in [1.29, 1.82) is 0 Å². The summed E-state index contributed by atoms with van der Waals surface area (Å²) in [5, 5.41) is 0. The number of hydrogen-bond acceptors (Lipinski definition) is 1. The molecule has 0 amide bonds. The Morgan fingerprint density at radius 1 is 1.13 bits per heavy atom. The third-order valence-electron chi connectivity index (χ3n) is 2.54. The molecule has 0 atom stereocenters. The lowest BCUT2D eigenvalue weighted by molar-refractivity contribution is -0.113. The van der Waals surface area contributed by atoms with E-state index in [1.807, 2.05) is 13.0 Å². The number of allylic oxidation sites excluding steroid dienone is 1. The molecule has 0 radical (unpaired) electrons. The van der Waals surface area contributed by atoms with Crippen LogP contribution in [0.1, 0.15) is 44.7 Å². The molecule has 0 unspecified atom stereocenters. The first-order chi connectivity index (χ1) is 7.00. The zero-order valence-electron chi connectivity index (χ0n) is 9.87. The minimum atomic E-state index is 0.128. The zero-order chi connectivity index (χ0) is 11.4. The fourth-order valence-electron chi connectivity index (χ4n) is 1.33. The highest BCUT2D eigenvalue weighted by atomic mass is 16.1. The van der Waals surface area contributed by atoms with E-state index in [9.17, 15) is 4.79 Å². The predicted octanol–water partition coefficient (Wildman–Crippen LogP) is 3.80. The third-order valence-corrected chi connectivity index (χ3v) is 2.54. The highest BCUT2D eigenvalue weighted by molar-refractivity contribution is 5.97. The molecular weight excluding hydrogens is 184 g/mol. The van der Waals surface area contributed by atoms with Crippen molar-refractivity contribution in [2.75, 3.05) is 0 Å². The first kappa shape index (κ1) is 11.7. The van der Waals surface area contributed by atoms with Crippen molar-refractivity contribution >= 4 is 11.9 Å². The normalized spacial score (nSPS) is 11.9. The highest BCUT2D eigenvalue weighted by Crippen LogP contribution is 2.16. The highest BCUT2D eigenvalue weighted by Gasteiger charge is 1.99. The summed E-state index contributed by atoms with van der Waals surface area (Å²) in [5.74, 6) is 0.680. The van der Waals surface area contributed by atoms with Gasteiger partial charge in [-0.3, -0.25) is 4.79 Å². The van der Waals surface area contributed by atoms with Crippen molar-refractivity contribution in [3.8, 4) is 0 Å². The average molecular weight is 202 g/mol. The van der Waals surface area contributed by atoms with Gasteiger partial charge >= 0.3 is 0 Å². The van der Waals surface area contributed by atoms with Crippen LogP contribution in [-0.2, 0) is 4.79 Å². The second-order valence-corrected chi connectivity index (χ2v) is 4.20. The van der Waals surface area contributed by atoms with Gasteiger partial charge in [0.2, 0.25) is 0 Å². The van der Waals surface area contributed by atoms with Crippen molar-refractivity contribution < 1.29 is 4.79 Å². The Morgan fingerprint density at radius 3 is 2.07 bits per heavy atom. The molecule has 1 heteroatoms. The summed E-state index contributed by atoms with van der Waals surface area (Å²) in [6.45, 7) is 7.78. The Kier molecular flexibility index (Phi) is 3.84. The van der Waals surface area contributed by atoms with Crippen molar-refractivity contribution in [2.45, 2.75) is 33.6 Å². The SMILES string of the molecule is CC(=O)/C(C)=C\c1ccc(C(C)C)cc1. The molecule has 1 nitrogen and oxygen atoms in total. The molecule has 0 spiro atoms. The van der Waals surface area contributed by atoms with Crippen LogP contribution in [0.5, 0.6) is 0 Å². The predicted molar refractivity (Wildman–Crippen MR) is 64.9 cm³/mol. The molecule has 0 saturated heterocycles. The summed E-state index contributed by atoms with van der Waals surface area (Å²) < 4.78 is 0. The number of ketones is 1. The molecule has 15 heavy (non-hydrogen) atoms. The van der Waals surface area contributed by atoms with Gasteiger partial charge in [0.25, 0.3) is 0 Å². The largest absolute Gasteiger partial charge is 0.295 e. The molecule has 1 aromatic carbocycles. The van der Waals surface area contributed by atoms with E-state index in [1.165, 1.54) is 5.56 Å². The molecule has 0 aliphatic carbocycles. The van der Waals surface area contributed by atoms with Crippen molar-refractivity contribution in [2.24, 2.45) is 0 Å². The maximum atomic E-state index is 11.1. The molecule has 1 rings (SSSR count).